The predicted molar refractivity (Wildman–Crippen MR) is 123 cm³/mol. The Bertz CT molecular complexity index is 1390. The van der Waals surface area contributed by atoms with Gasteiger partial charge in [-0.1, -0.05) is 29.5 Å². The van der Waals surface area contributed by atoms with Gasteiger partial charge in [-0.2, -0.15) is 4.99 Å². The Kier molecular flexibility index (Phi) is 7.65. The fraction of sp³-hybridized carbons (Fsp3) is 0.333. The Morgan fingerprint density at radius 2 is 1.78 bits per heavy atom. The molecule has 1 aromatic heterocycles. The van der Waals surface area contributed by atoms with Gasteiger partial charge < -0.3 is 9.30 Å². The van der Waals surface area contributed by atoms with Crippen molar-refractivity contribution in [2.75, 3.05) is 25.2 Å². The monoisotopic (exact) mass is 496 g/mol. The van der Waals surface area contributed by atoms with Crippen LogP contribution in [-0.2, 0) is 35.8 Å². The van der Waals surface area contributed by atoms with Crippen LogP contribution in [0, 0.1) is 0 Å². The van der Waals surface area contributed by atoms with E-state index in [9.17, 15) is 21.6 Å². The number of sulfone groups is 2. The standard InChI is InChI=1S/C21H24N2O6S3/c1-3-29-13-12-23-18-10-9-17(31(2,25)26)15-19(18)30-21(23)22-20(24)11-14-32(27,28)16-7-5-4-6-8-16/h4-10,15H,3,11-14H2,1-2H3. The molecule has 0 unspecified atom stereocenters. The Morgan fingerprint density at radius 1 is 1.06 bits per heavy atom. The Labute approximate surface area is 191 Å². The molecular weight excluding hydrogens is 472 g/mol. The van der Waals surface area contributed by atoms with E-state index >= 15 is 0 Å². The van der Waals surface area contributed by atoms with Gasteiger partial charge in [0.2, 0.25) is 5.91 Å². The van der Waals surface area contributed by atoms with Crippen LogP contribution in [0.4, 0.5) is 0 Å². The SMILES string of the molecule is CCOCCn1c(=NC(=O)CCS(=O)(=O)c2ccccc2)sc2cc(S(C)(=O)=O)ccc21. The van der Waals surface area contributed by atoms with E-state index in [1.54, 1.807) is 34.9 Å². The lowest BCUT2D eigenvalue weighted by Gasteiger charge is -2.06. The number of benzene rings is 2. The first-order valence-electron chi connectivity index (χ1n) is 9.88. The summed E-state index contributed by atoms with van der Waals surface area (Å²) in [7, 11) is -6.98. The highest BCUT2D eigenvalue weighted by Gasteiger charge is 2.17. The minimum absolute atomic E-state index is 0.162. The molecule has 0 fully saturated rings. The second-order valence-electron chi connectivity index (χ2n) is 7.02. The van der Waals surface area contributed by atoms with Gasteiger partial charge in [0.1, 0.15) is 0 Å². The molecule has 1 heterocycles. The minimum atomic E-state index is -3.59. The normalized spacial score (nSPS) is 13.0. The number of aromatic nitrogens is 1. The van der Waals surface area contributed by atoms with Crippen LogP contribution in [-0.4, -0.2) is 52.5 Å². The van der Waals surface area contributed by atoms with E-state index in [4.69, 9.17) is 4.74 Å². The van der Waals surface area contributed by atoms with Crippen molar-refractivity contribution in [3.8, 4) is 0 Å². The summed E-state index contributed by atoms with van der Waals surface area (Å²) < 4.78 is 56.5. The highest BCUT2D eigenvalue weighted by atomic mass is 32.2. The molecule has 0 N–H and O–H groups in total. The molecule has 3 rings (SSSR count). The van der Waals surface area contributed by atoms with Crippen LogP contribution in [0.2, 0.25) is 0 Å². The number of hydrogen-bond acceptors (Lipinski definition) is 7. The Hall–Kier alpha value is -2.34. The van der Waals surface area contributed by atoms with Crippen molar-refractivity contribution < 1.29 is 26.4 Å². The van der Waals surface area contributed by atoms with Gasteiger partial charge >= 0.3 is 0 Å². The molecule has 0 saturated heterocycles. The quantitative estimate of drug-likeness (QED) is 0.421. The number of hydrogen-bond donors (Lipinski definition) is 0. The lowest BCUT2D eigenvalue weighted by molar-refractivity contribution is -0.117. The van der Waals surface area contributed by atoms with Crippen LogP contribution in [0.5, 0.6) is 0 Å². The average Bonchev–Trinajstić information content (AvgIpc) is 3.09. The van der Waals surface area contributed by atoms with E-state index in [0.29, 0.717) is 29.3 Å². The number of fused-ring (bicyclic) bond motifs is 1. The number of ether oxygens (including phenoxy) is 1. The van der Waals surface area contributed by atoms with Gasteiger partial charge in [-0.3, -0.25) is 4.79 Å². The smallest absolute Gasteiger partial charge is 0.249 e. The molecule has 1 amide bonds. The molecule has 0 spiro atoms. The summed E-state index contributed by atoms with van der Waals surface area (Å²) in [5.41, 5.74) is 0.727. The van der Waals surface area contributed by atoms with Gasteiger partial charge in [-0.15, -0.1) is 0 Å². The zero-order chi connectivity index (χ0) is 23.4. The van der Waals surface area contributed by atoms with E-state index in [1.807, 2.05) is 6.92 Å². The van der Waals surface area contributed by atoms with Crippen LogP contribution in [0.1, 0.15) is 13.3 Å². The van der Waals surface area contributed by atoms with E-state index in [2.05, 4.69) is 4.99 Å². The number of nitrogens with zero attached hydrogens (tertiary/aromatic N) is 2. The number of rotatable bonds is 9. The van der Waals surface area contributed by atoms with Gasteiger partial charge in [0.25, 0.3) is 0 Å². The number of amides is 1. The van der Waals surface area contributed by atoms with Gasteiger partial charge in [0, 0.05) is 25.8 Å². The maximum Gasteiger partial charge on any atom is 0.249 e. The summed E-state index contributed by atoms with van der Waals surface area (Å²) in [5.74, 6) is -0.911. The topological polar surface area (TPSA) is 112 Å². The van der Waals surface area contributed by atoms with Crippen molar-refractivity contribution >= 4 is 47.1 Å². The van der Waals surface area contributed by atoms with Gasteiger partial charge in [0.05, 0.1) is 32.4 Å². The zero-order valence-electron chi connectivity index (χ0n) is 17.7. The van der Waals surface area contributed by atoms with Crippen molar-refractivity contribution in [2.24, 2.45) is 4.99 Å². The summed E-state index contributed by atoms with van der Waals surface area (Å²) in [6.45, 7) is 3.21. The van der Waals surface area contributed by atoms with Crippen molar-refractivity contribution in [1.82, 2.24) is 4.57 Å². The Morgan fingerprint density at radius 3 is 2.44 bits per heavy atom. The van der Waals surface area contributed by atoms with Crippen LogP contribution in [0.15, 0.2) is 63.3 Å². The highest BCUT2D eigenvalue weighted by molar-refractivity contribution is 7.91. The molecular formula is C21H24N2O6S3. The molecule has 11 heteroatoms. The maximum atomic E-state index is 12.5. The Balaban J connectivity index is 1.92. The van der Waals surface area contributed by atoms with Crippen molar-refractivity contribution in [3.05, 3.63) is 53.3 Å². The molecule has 0 aliphatic carbocycles. The van der Waals surface area contributed by atoms with E-state index in [-0.39, 0.29) is 22.0 Å². The summed E-state index contributed by atoms with van der Waals surface area (Å²) in [4.78, 5) is 17.4. The maximum absolute atomic E-state index is 12.5. The van der Waals surface area contributed by atoms with E-state index in [1.165, 1.54) is 29.5 Å². The van der Waals surface area contributed by atoms with E-state index < -0.39 is 25.6 Å². The molecule has 2 aromatic carbocycles. The molecule has 8 nitrogen and oxygen atoms in total. The molecule has 0 aliphatic heterocycles. The summed E-state index contributed by atoms with van der Waals surface area (Å²) in [5, 5.41) is 0. The van der Waals surface area contributed by atoms with Crippen LogP contribution in [0.3, 0.4) is 0 Å². The molecule has 172 valence electrons. The lowest BCUT2D eigenvalue weighted by Crippen LogP contribution is -2.20. The summed E-state index contributed by atoms with van der Waals surface area (Å²) in [6.07, 6.45) is 0.873. The van der Waals surface area contributed by atoms with Gasteiger partial charge in [0.15, 0.2) is 24.5 Å². The van der Waals surface area contributed by atoms with Crippen LogP contribution >= 0.6 is 11.3 Å². The van der Waals surface area contributed by atoms with Crippen molar-refractivity contribution in [2.45, 2.75) is 29.7 Å². The van der Waals surface area contributed by atoms with Crippen LogP contribution in [0.25, 0.3) is 10.2 Å². The van der Waals surface area contributed by atoms with Gasteiger partial charge in [-0.25, -0.2) is 16.8 Å². The van der Waals surface area contributed by atoms with Gasteiger partial charge in [-0.05, 0) is 37.3 Å². The fourth-order valence-corrected chi connectivity index (χ4v) is 6.10. The second kappa shape index (κ2) is 10.1. The van der Waals surface area contributed by atoms with Crippen molar-refractivity contribution in [3.63, 3.8) is 0 Å². The zero-order valence-corrected chi connectivity index (χ0v) is 20.2. The molecule has 0 saturated carbocycles. The molecule has 0 bridgehead atoms. The first kappa shape index (κ1) is 24.3. The second-order valence-corrected chi connectivity index (χ2v) is 12.2. The molecule has 0 aliphatic rings. The highest BCUT2D eigenvalue weighted by Crippen LogP contribution is 2.22. The molecule has 0 radical (unpaired) electrons. The summed E-state index contributed by atoms with van der Waals surface area (Å²) in [6, 6.07) is 12.7. The number of carbonyl (C=O) groups is 1. The first-order chi connectivity index (χ1) is 15.1. The lowest BCUT2D eigenvalue weighted by atomic mass is 10.3. The van der Waals surface area contributed by atoms with Crippen molar-refractivity contribution in [1.29, 1.82) is 0 Å². The third kappa shape index (κ3) is 5.91. The third-order valence-corrected chi connectivity index (χ3v) is 8.54. The fourth-order valence-electron chi connectivity index (χ4n) is 3.02. The first-order valence-corrected chi connectivity index (χ1v) is 14.2. The molecule has 3 aromatic rings. The largest absolute Gasteiger partial charge is 0.380 e. The number of carbonyl (C=O) groups excluding carboxylic acids is 1. The molecule has 0 atom stereocenters. The summed E-state index contributed by atoms with van der Waals surface area (Å²) >= 11 is 1.18. The predicted octanol–water partition coefficient (Wildman–Crippen LogP) is 2.43. The third-order valence-electron chi connectivity index (χ3n) is 4.65. The average molecular weight is 497 g/mol. The van der Waals surface area contributed by atoms with E-state index in [0.717, 1.165) is 11.8 Å². The molecule has 32 heavy (non-hydrogen) atoms. The van der Waals surface area contributed by atoms with Crippen LogP contribution < -0.4 is 4.80 Å². The number of thiazole rings is 1. The minimum Gasteiger partial charge on any atom is -0.380 e.